The van der Waals surface area contributed by atoms with Gasteiger partial charge in [-0.2, -0.15) is 0 Å². The lowest BCUT2D eigenvalue weighted by Gasteiger charge is -2.12. The minimum absolute atomic E-state index is 0.139. The molecule has 0 bridgehead atoms. The Balaban J connectivity index is 2.45. The minimum Gasteiger partial charge on any atom is -0.290 e. The maximum Gasteiger partial charge on any atom is 0.336 e. The van der Waals surface area contributed by atoms with Gasteiger partial charge < -0.3 is 0 Å². The third kappa shape index (κ3) is 1.59. The highest BCUT2D eigenvalue weighted by atomic mass is 19.1. The first-order valence-electron chi connectivity index (χ1n) is 4.52. The molecule has 14 heavy (non-hydrogen) atoms. The lowest BCUT2D eigenvalue weighted by atomic mass is 9.92. The van der Waals surface area contributed by atoms with Gasteiger partial charge in [0.1, 0.15) is 5.82 Å². The minimum atomic E-state index is -0.221. The second kappa shape index (κ2) is 3.35. The Kier molecular flexibility index (Phi) is 2.17. The monoisotopic (exact) mass is 192 g/mol. The Labute approximate surface area is 81.2 Å². The van der Waals surface area contributed by atoms with Crippen LogP contribution >= 0.6 is 0 Å². The molecule has 0 fully saturated rings. The van der Waals surface area contributed by atoms with E-state index in [1.165, 1.54) is 12.1 Å². The van der Waals surface area contributed by atoms with Gasteiger partial charge in [-0.3, -0.25) is 5.73 Å². The molecule has 0 heterocycles. The van der Waals surface area contributed by atoms with Crippen molar-refractivity contribution in [2.45, 2.75) is 12.8 Å². The fourth-order valence-corrected chi connectivity index (χ4v) is 1.68. The number of carbonyl (C=O) groups is 1. The number of fused-ring (bicyclic) bond motifs is 1. The fraction of sp³-hybridized carbons (Fsp3) is 0.182. The molecule has 1 amide bonds. The number of benzene rings is 1. The van der Waals surface area contributed by atoms with E-state index in [1.807, 2.05) is 0 Å². The van der Waals surface area contributed by atoms with Crippen LogP contribution in [-0.2, 0) is 11.2 Å². The summed E-state index contributed by atoms with van der Waals surface area (Å²) in [5, 5.41) is 0. The molecule has 0 saturated carbocycles. The summed E-state index contributed by atoms with van der Waals surface area (Å²) in [6.45, 7) is 0. The van der Waals surface area contributed by atoms with Gasteiger partial charge in [0.2, 0.25) is 0 Å². The summed E-state index contributed by atoms with van der Waals surface area (Å²) in [5.74, 6) is -0.360. The second-order valence-electron chi connectivity index (χ2n) is 3.44. The van der Waals surface area contributed by atoms with Gasteiger partial charge in [-0.25, -0.2) is 9.18 Å². The maximum absolute atomic E-state index is 12.9. The Hall–Kier alpha value is -1.48. The molecule has 0 radical (unpaired) electrons. The zero-order valence-corrected chi connectivity index (χ0v) is 7.72. The van der Waals surface area contributed by atoms with E-state index in [4.69, 9.17) is 0 Å². The number of amides is 1. The summed E-state index contributed by atoms with van der Waals surface area (Å²) in [6.07, 6.45) is 3.19. The summed E-state index contributed by atoms with van der Waals surface area (Å²) >= 11 is 0. The Morgan fingerprint density at radius 1 is 1.36 bits per heavy atom. The van der Waals surface area contributed by atoms with Crippen LogP contribution in [0.25, 0.3) is 6.08 Å². The third-order valence-corrected chi connectivity index (χ3v) is 2.46. The predicted molar refractivity (Wildman–Crippen MR) is 50.6 cm³/mol. The van der Waals surface area contributed by atoms with E-state index in [0.29, 0.717) is 6.42 Å². The van der Waals surface area contributed by atoms with Crippen LogP contribution in [0.1, 0.15) is 17.5 Å². The summed E-state index contributed by atoms with van der Waals surface area (Å²) < 4.78 is 12.9. The molecule has 0 unspecified atom stereocenters. The van der Waals surface area contributed by atoms with Gasteiger partial charge in [-0.15, -0.1) is 0 Å². The van der Waals surface area contributed by atoms with Gasteiger partial charge >= 0.3 is 5.91 Å². The average Bonchev–Trinajstić information content (AvgIpc) is 2.16. The van der Waals surface area contributed by atoms with Crippen molar-refractivity contribution in [2.24, 2.45) is 0 Å². The highest BCUT2D eigenvalue weighted by Crippen LogP contribution is 2.23. The van der Waals surface area contributed by atoms with Gasteiger partial charge in [0.15, 0.2) is 0 Å². The van der Waals surface area contributed by atoms with Crippen LogP contribution < -0.4 is 5.73 Å². The third-order valence-electron chi connectivity index (χ3n) is 2.46. The molecule has 2 rings (SSSR count). The zero-order valence-electron chi connectivity index (χ0n) is 7.72. The van der Waals surface area contributed by atoms with Crippen molar-refractivity contribution in [1.29, 1.82) is 0 Å². The SMILES string of the molecule is [NH3+]C(=O)C1=Cc2ccc(F)cc2CC1. The van der Waals surface area contributed by atoms with Crippen molar-refractivity contribution in [1.82, 2.24) is 0 Å². The van der Waals surface area contributed by atoms with Crippen LogP contribution in [0.3, 0.4) is 0 Å². The van der Waals surface area contributed by atoms with Crippen molar-refractivity contribution in [3.8, 4) is 0 Å². The number of hydrogen-bond acceptors (Lipinski definition) is 1. The molecule has 3 heteroatoms. The molecule has 0 aromatic heterocycles. The molecule has 1 aromatic carbocycles. The molecule has 3 N–H and O–H groups in total. The molecule has 0 spiro atoms. The number of aryl methyl sites for hydroxylation is 1. The number of quaternary nitrogens is 1. The van der Waals surface area contributed by atoms with E-state index in [2.05, 4.69) is 5.73 Å². The van der Waals surface area contributed by atoms with Gasteiger partial charge in [0.25, 0.3) is 0 Å². The van der Waals surface area contributed by atoms with E-state index in [9.17, 15) is 9.18 Å². The second-order valence-corrected chi connectivity index (χ2v) is 3.44. The molecule has 2 nitrogen and oxygen atoms in total. The summed E-state index contributed by atoms with van der Waals surface area (Å²) in [7, 11) is 0. The molecule has 1 aliphatic carbocycles. The molecule has 0 aliphatic heterocycles. The van der Waals surface area contributed by atoms with Crippen LogP contribution in [0.2, 0.25) is 0 Å². The van der Waals surface area contributed by atoms with Gasteiger partial charge in [-0.05, 0) is 42.2 Å². The fourth-order valence-electron chi connectivity index (χ4n) is 1.68. The van der Waals surface area contributed by atoms with Crippen LogP contribution in [0.15, 0.2) is 23.8 Å². The maximum atomic E-state index is 12.9. The largest absolute Gasteiger partial charge is 0.336 e. The lowest BCUT2D eigenvalue weighted by molar-refractivity contribution is -0.299. The van der Waals surface area contributed by atoms with Crippen LogP contribution in [0, 0.1) is 5.82 Å². The van der Waals surface area contributed by atoms with Gasteiger partial charge in [0, 0.05) is 0 Å². The van der Waals surface area contributed by atoms with E-state index >= 15 is 0 Å². The van der Waals surface area contributed by atoms with Crippen LogP contribution in [0.5, 0.6) is 0 Å². The van der Waals surface area contributed by atoms with Crippen molar-refractivity contribution < 1.29 is 14.9 Å². The van der Waals surface area contributed by atoms with Crippen molar-refractivity contribution in [2.75, 3.05) is 0 Å². The normalized spacial score (nSPS) is 14.6. The highest BCUT2D eigenvalue weighted by Gasteiger charge is 2.16. The van der Waals surface area contributed by atoms with Crippen LogP contribution in [0.4, 0.5) is 4.39 Å². The Bertz CT molecular complexity index is 423. The molecule has 72 valence electrons. The smallest absolute Gasteiger partial charge is 0.290 e. The topological polar surface area (TPSA) is 44.7 Å². The Morgan fingerprint density at radius 2 is 2.14 bits per heavy atom. The van der Waals surface area contributed by atoms with Gasteiger partial charge in [-0.1, -0.05) is 6.07 Å². The van der Waals surface area contributed by atoms with E-state index in [-0.39, 0.29) is 11.7 Å². The van der Waals surface area contributed by atoms with Crippen molar-refractivity contribution in [3.63, 3.8) is 0 Å². The predicted octanol–water partition coefficient (Wildman–Crippen LogP) is 0.924. The van der Waals surface area contributed by atoms with E-state index in [0.717, 1.165) is 23.1 Å². The Morgan fingerprint density at radius 3 is 2.86 bits per heavy atom. The lowest BCUT2D eigenvalue weighted by Crippen LogP contribution is -2.57. The van der Waals surface area contributed by atoms with Crippen molar-refractivity contribution >= 4 is 12.0 Å². The number of carbonyl (C=O) groups excluding carboxylic acids is 1. The van der Waals surface area contributed by atoms with Gasteiger partial charge in [0.05, 0.1) is 5.57 Å². The summed E-state index contributed by atoms with van der Waals surface area (Å²) in [5.41, 5.74) is 6.00. The zero-order chi connectivity index (χ0) is 10.1. The van der Waals surface area contributed by atoms with Crippen molar-refractivity contribution in [3.05, 3.63) is 40.7 Å². The van der Waals surface area contributed by atoms with Crippen LogP contribution in [-0.4, -0.2) is 5.91 Å². The number of rotatable bonds is 1. The first kappa shape index (κ1) is 9.09. The summed E-state index contributed by atoms with van der Waals surface area (Å²) in [6, 6.07) is 4.63. The molecule has 0 atom stereocenters. The van der Waals surface area contributed by atoms with E-state index < -0.39 is 0 Å². The molecule has 0 saturated heterocycles. The quantitative estimate of drug-likeness (QED) is 0.706. The first-order chi connectivity index (χ1) is 6.66. The summed E-state index contributed by atoms with van der Waals surface area (Å²) in [4.78, 5) is 11.0. The number of hydrogen-bond donors (Lipinski definition) is 1. The standard InChI is InChI=1S/C11H10FNO/c12-10-4-3-7-5-9(11(13)14)2-1-8(7)6-10/h3-6H,1-2H2,(H2,13,14)/p+1. The molecule has 1 aliphatic rings. The first-order valence-corrected chi connectivity index (χ1v) is 4.52. The molecule has 1 aromatic rings. The molecular formula is C11H11FNO+. The van der Waals surface area contributed by atoms with E-state index in [1.54, 1.807) is 12.1 Å². The molecular weight excluding hydrogens is 181 g/mol. The highest BCUT2D eigenvalue weighted by molar-refractivity contribution is 5.91. The number of halogens is 1. The average molecular weight is 192 g/mol.